The van der Waals surface area contributed by atoms with E-state index in [1.165, 1.54) is 16.8 Å². The van der Waals surface area contributed by atoms with E-state index in [1.54, 1.807) is 0 Å². The van der Waals surface area contributed by atoms with Crippen molar-refractivity contribution >= 4 is 5.69 Å². The Balaban J connectivity index is 1.92. The first kappa shape index (κ1) is 11.8. The molecule has 2 rings (SSSR count). The fraction of sp³-hybridized carbons (Fsp3) is 0.333. The number of anilines is 1. The molecule has 0 bridgehead atoms. The van der Waals surface area contributed by atoms with Gasteiger partial charge in [-0.3, -0.25) is 0 Å². The van der Waals surface area contributed by atoms with Gasteiger partial charge in [-0.2, -0.15) is 0 Å². The Labute approximate surface area is 103 Å². The minimum atomic E-state index is 0.887. The lowest BCUT2D eigenvalue weighted by Crippen LogP contribution is -1.98. The monoisotopic (exact) mass is 228 g/mol. The van der Waals surface area contributed by atoms with Gasteiger partial charge in [0.15, 0.2) is 0 Å². The predicted octanol–water partition coefficient (Wildman–Crippen LogP) is 3.68. The SMILES string of the molecule is CCc1ccc(NCc2ccn(CC)c2)cc1. The van der Waals surface area contributed by atoms with Crippen LogP contribution in [0.3, 0.4) is 0 Å². The van der Waals surface area contributed by atoms with Gasteiger partial charge in [0, 0.05) is 31.2 Å². The minimum absolute atomic E-state index is 0.887. The Hall–Kier alpha value is -1.70. The van der Waals surface area contributed by atoms with Crippen LogP contribution >= 0.6 is 0 Å². The summed E-state index contributed by atoms with van der Waals surface area (Å²) < 4.78 is 2.19. The molecule has 0 aliphatic heterocycles. The topological polar surface area (TPSA) is 17.0 Å². The first-order chi connectivity index (χ1) is 8.31. The quantitative estimate of drug-likeness (QED) is 0.826. The Morgan fingerprint density at radius 3 is 2.35 bits per heavy atom. The molecule has 2 aromatic rings. The molecule has 90 valence electrons. The molecule has 0 saturated carbocycles. The zero-order valence-corrected chi connectivity index (χ0v) is 10.6. The maximum absolute atomic E-state index is 3.44. The average Bonchev–Trinajstić information content (AvgIpc) is 2.85. The first-order valence-electron chi connectivity index (χ1n) is 6.29. The van der Waals surface area contributed by atoms with Crippen molar-refractivity contribution in [2.75, 3.05) is 5.32 Å². The largest absolute Gasteiger partial charge is 0.381 e. The molecular formula is C15H20N2. The predicted molar refractivity (Wildman–Crippen MR) is 73.3 cm³/mol. The molecule has 0 unspecified atom stereocenters. The highest BCUT2D eigenvalue weighted by Crippen LogP contribution is 2.11. The van der Waals surface area contributed by atoms with Crippen LogP contribution in [-0.2, 0) is 19.5 Å². The normalized spacial score (nSPS) is 10.5. The van der Waals surface area contributed by atoms with Gasteiger partial charge in [0.25, 0.3) is 0 Å². The number of nitrogens with one attached hydrogen (secondary N) is 1. The molecule has 0 fully saturated rings. The molecule has 0 aliphatic carbocycles. The maximum atomic E-state index is 3.44. The lowest BCUT2D eigenvalue weighted by molar-refractivity contribution is 0.766. The van der Waals surface area contributed by atoms with E-state index < -0.39 is 0 Å². The summed E-state index contributed by atoms with van der Waals surface area (Å²) in [4.78, 5) is 0. The second-order valence-corrected chi connectivity index (χ2v) is 4.25. The van der Waals surface area contributed by atoms with E-state index in [2.05, 4.69) is 66.5 Å². The van der Waals surface area contributed by atoms with Gasteiger partial charge in [0.2, 0.25) is 0 Å². The van der Waals surface area contributed by atoms with Crippen LogP contribution in [-0.4, -0.2) is 4.57 Å². The molecule has 0 saturated heterocycles. The van der Waals surface area contributed by atoms with Crippen molar-refractivity contribution in [3.8, 4) is 0 Å². The van der Waals surface area contributed by atoms with E-state index in [-0.39, 0.29) is 0 Å². The number of benzene rings is 1. The Kier molecular flexibility index (Phi) is 3.86. The second-order valence-electron chi connectivity index (χ2n) is 4.25. The van der Waals surface area contributed by atoms with Crippen LogP contribution in [0, 0.1) is 0 Å². The van der Waals surface area contributed by atoms with Gasteiger partial charge in [-0.05, 0) is 42.7 Å². The molecule has 0 amide bonds. The second kappa shape index (κ2) is 5.58. The van der Waals surface area contributed by atoms with Crippen LogP contribution in [0.2, 0.25) is 0 Å². The van der Waals surface area contributed by atoms with Crippen LogP contribution in [0.5, 0.6) is 0 Å². The van der Waals surface area contributed by atoms with Gasteiger partial charge in [-0.15, -0.1) is 0 Å². The molecule has 1 aromatic carbocycles. The van der Waals surface area contributed by atoms with Crippen molar-refractivity contribution in [1.29, 1.82) is 0 Å². The standard InChI is InChI=1S/C15H20N2/c1-3-13-5-7-15(8-6-13)16-11-14-9-10-17(4-2)12-14/h5-10,12,16H,3-4,11H2,1-2H3. The van der Waals surface area contributed by atoms with Gasteiger partial charge >= 0.3 is 0 Å². The van der Waals surface area contributed by atoms with Gasteiger partial charge in [0.1, 0.15) is 0 Å². The van der Waals surface area contributed by atoms with E-state index in [0.717, 1.165) is 19.5 Å². The van der Waals surface area contributed by atoms with Gasteiger partial charge < -0.3 is 9.88 Å². The maximum Gasteiger partial charge on any atom is 0.0415 e. The minimum Gasteiger partial charge on any atom is -0.381 e. The summed E-state index contributed by atoms with van der Waals surface area (Å²) in [5, 5.41) is 3.44. The molecule has 2 heteroatoms. The van der Waals surface area contributed by atoms with Gasteiger partial charge in [-0.25, -0.2) is 0 Å². The number of nitrogens with zero attached hydrogens (tertiary/aromatic N) is 1. The highest BCUT2D eigenvalue weighted by atomic mass is 14.9. The summed E-state index contributed by atoms with van der Waals surface area (Å²) in [6.07, 6.45) is 5.41. The first-order valence-corrected chi connectivity index (χ1v) is 6.29. The zero-order valence-electron chi connectivity index (χ0n) is 10.6. The summed E-state index contributed by atoms with van der Waals surface area (Å²) in [7, 11) is 0. The van der Waals surface area contributed by atoms with Crippen LogP contribution in [0.4, 0.5) is 5.69 Å². The number of aromatic nitrogens is 1. The summed E-state index contributed by atoms with van der Waals surface area (Å²) in [6, 6.07) is 10.8. The van der Waals surface area contributed by atoms with Gasteiger partial charge in [0.05, 0.1) is 0 Å². The van der Waals surface area contributed by atoms with Crippen molar-refractivity contribution < 1.29 is 0 Å². The molecule has 1 heterocycles. The van der Waals surface area contributed by atoms with E-state index >= 15 is 0 Å². The zero-order chi connectivity index (χ0) is 12.1. The van der Waals surface area contributed by atoms with E-state index in [9.17, 15) is 0 Å². The third-order valence-electron chi connectivity index (χ3n) is 3.04. The van der Waals surface area contributed by atoms with E-state index in [4.69, 9.17) is 0 Å². The van der Waals surface area contributed by atoms with Crippen LogP contribution in [0.1, 0.15) is 25.0 Å². The lowest BCUT2D eigenvalue weighted by Gasteiger charge is -2.05. The van der Waals surface area contributed by atoms with E-state index in [0.29, 0.717) is 0 Å². The van der Waals surface area contributed by atoms with Crippen molar-refractivity contribution in [3.05, 3.63) is 53.9 Å². The smallest absolute Gasteiger partial charge is 0.0415 e. The average molecular weight is 228 g/mol. The van der Waals surface area contributed by atoms with Crippen molar-refractivity contribution in [3.63, 3.8) is 0 Å². The van der Waals surface area contributed by atoms with Crippen molar-refractivity contribution in [2.24, 2.45) is 0 Å². The Morgan fingerprint density at radius 1 is 1.00 bits per heavy atom. The molecule has 0 radical (unpaired) electrons. The summed E-state index contributed by atoms with van der Waals surface area (Å²) in [6.45, 7) is 6.25. The molecule has 1 aromatic heterocycles. The van der Waals surface area contributed by atoms with E-state index in [1.807, 2.05) is 0 Å². The van der Waals surface area contributed by atoms with Crippen molar-refractivity contribution in [2.45, 2.75) is 33.4 Å². The number of aryl methyl sites for hydroxylation is 2. The van der Waals surface area contributed by atoms with Crippen LogP contribution in [0.25, 0.3) is 0 Å². The van der Waals surface area contributed by atoms with Gasteiger partial charge in [-0.1, -0.05) is 19.1 Å². The molecule has 17 heavy (non-hydrogen) atoms. The third kappa shape index (κ3) is 3.13. The highest BCUT2D eigenvalue weighted by Gasteiger charge is 1.96. The van der Waals surface area contributed by atoms with Crippen LogP contribution in [0.15, 0.2) is 42.7 Å². The molecule has 1 N–H and O–H groups in total. The summed E-state index contributed by atoms with van der Waals surface area (Å²) >= 11 is 0. The fourth-order valence-corrected chi connectivity index (χ4v) is 1.85. The summed E-state index contributed by atoms with van der Waals surface area (Å²) in [5.41, 5.74) is 3.89. The highest BCUT2D eigenvalue weighted by molar-refractivity contribution is 5.45. The molecule has 0 aliphatic rings. The molecule has 2 nitrogen and oxygen atoms in total. The fourth-order valence-electron chi connectivity index (χ4n) is 1.85. The number of rotatable bonds is 5. The number of hydrogen-bond donors (Lipinski definition) is 1. The Morgan fingerprint density at radius 2 is 1.76 bits per heavy atom. The number of hydrogen-bond acceptors (Lipinski definition) is 1. The molecule has 0 atom stereocenters. The van der Waals surface area contributed by atoms with Crippen molar-refractivity contribution in [1.82, 2.24) is 4.57 Å². The Bertz CT molecular complexity index is 454. The lowest BCUT2D eigenvalue weighted by atomic mass is 10.1. The summed E-state index contributed by atoms with van der Waals surface area (Å²) in [5.74, 6) is 0. The molecular weight excluding hydrogens is 208 g/mol. The van der Waals surface area contributed by atoms with Crippen LogP contribution < -0.4 is 5.32 Å². The molecule has 0 spiro atoms. The third-order valence-corrected chi connectivity index (χ3v) is 3.04.